The van der Waals surface area contributed by atoms with Gasteiger partial charge in [0.15, 0.2) is 5.76 Å². The van der Waals surface area contributed by atoms with Crippen molar-refractivity contribution in [2.24, 2.45) is 7.05 Å². The summed E-state index contributed by atoms with van der Waals surface area (Å²) in [6, 6.07) is 8.19. The van der Waals surface area contributed by atoms with Crippen LogP contribution < -0.4 is 4.74 Å². The number of ketones is 1. The molecule has 0 spiro atoms. The molecule has 0 bridgehead atoms. The van der Waals surface area contributed by atoms with Gasteiger partial charge in [0.25, 0.3) is 0 Å². The summed E-state index contributed by atoms with van der Waals surface area (Å²) in [4.78, 5) is 12.2. The molecule has 5 heteroatoms. The van der Waals surface area contributed by atoms with Crippen LogP contribution in [0.15, 0.2) is 30.0 Å². The van der Waals surface area contributed by atoms with Gasteiger partial charge >= 0.3 is 0 Å². The van der Waals surface area contributed by atoms with Crippen LogP contribution in [-0.2, 0) is 7.05 Å². The van der Waals surface area contributed by atoms with Gasteiger partial charge in [-0.1, -0.05) is 0 Å². The van der Waals surface area contributed by atoms with Gasteiger partial charge in [0.2, 0.25) is 5.78 Å². The number of benzene rings is 1. The summed E-state index contributed by atoms with van der Waals surface area (Å²) in [6.07, 6.45) is 1.62. The number of nitriles is 1. The zero-order valence-corrected chi connectivity index (χ0v) is 11.5. The van der Waals surface area contributed by atoms with Gasteiger partial charge in [-0.2, -0.15) is 5.26 Å². The van der Waals surface area contributed by atoms with Crippen molar-refractivity contribution in [2.75, 3.05) is 0 Å². The molecular formula is C16H12N2O3. The predicted octanol–water partition coefficient (Wildman–Crippen LogP) is 2.53. The number of fused-ring (bicyclic) bond motifs is 1. The minimum Gasteiger partial charge on any atom is -0.508 e. The first-order chi connectivity index (χ1) is 10.0. The zero-order chi connectivity index (χ0) is 15.1. The van der Waals surface area contributed by atoms with Crippen LogP contribution in [0.4, 0.5) is 0 Å². The molecule has 2 aromatic rings. The van der Waals surface area contributed by atoms with Gasteiger partial charge in [-0.25, -0.2) is 0 Å². The van der Waals surface area contributed by atoms with Crippen LogP contribution in [0.25, 0.3) is 6.08 Å². The number of rotatable bonds is 1. The highest BCUT2D eigenvalue weighted by Gasteiger charge is 2.27. The number of aromatic nitrogens is 1. The van der Waals surface area contributed by atoms with Gasteiger partial charge in [-0.05, 0) is 31.2 Å². The summed E-state index contributed by atoms with van der Waals surface area (Å²) >= 11 is 0. The van der Waals surface area contributed by atoms with E-state index in [1.165, 1.54) is 18.2 Å². The van der Waals surface area contributed by atoms with E-state index in [0.29, 0.717) is 17.0 Å². The molecule has 21 heavy (non-hydrogen) atoms. The second kappa shape index (κ2) is 4.53. The third kappa shape index (κ3) is 1.98. The molecule has 0 aliphatic carbocycles. The zero-order valence-electron chi connectivity index (χ0n) is 11.5. The molecule has 0 atom stereocenters. The van der Waals surface area contributed by atoms with Crippen LogP contribution in [0.1, 0.15) is 27.3 Å². The molecule has 1 aliphatic heterocycles. The Bertz CT molecular complexity index is 838. The number of carbonyl (C=O) groups excluding carboxylic acids is 1. The van der Waals surface area contributed by atoms with Crippen molar-refractivity contribution in [2.45, 2.75) is 6.92 Å². The maximum Gasteiger partial charge on any atom is 0.231 e. The Morgan fingerprint density at radius 1 is 1.38 bits per heavy atom. The number of phenols is 1. The molecule has 2 heterocycles. The lowest BCUT2D eigenvalue weighted by atomic mass is 10.1. The van der Waals surface area contributed by atoms with Gasteiger partial charge in [-0.3, -0.25) is 4.79 Å². The Balaban J connectivity index is 2.04. The Hall–Kier alpha value is -3.00. The maximum atomic E-state index is 12.2. The van der Waals surface area contributed by atoms with Crippen molar-refractivity contribution in [3.05, 3.63) is 52.5 Å². The maximum absolute atomic E-state index is 12.2. The quantitative estimate of drug-likeness (QED) is 0.814. The second-order valence-electron chi connectivity index (χ2n) is 4.86. The number of Topliss-reactive ketones (excluding diaryl/α,β-unsaturated/α-hetero) is 1. The van der Waals surface area contributed by atoms with Gasteiger partial charge < -0.3 is 14.4 Å². The van der Waals surface area contributed by atoms with Gasteiger partial charge in [0, 0.05) is 24.4 Å². The molecule has 5 nitrogen and oxygen atoms in total. The summed E-state index contributed by atoms with van der Waals surface area (Å²) in [5.74, 6) is 0.353. The van der Waals surface area contributed by atoms with Crippen LogP contribution >= 0.6 is 0 Å². The first-order valence-electron chi connectivity index (χ1n) is 6.35. The number of nitrogens with zero attached hydrogens (tertiary/aromatic N) is 2. The number of phenolic OH excluding ortho intramolecular Hbond substituents is 1. The molecule has 0 radical (unpaired) electrons. The molecule has 1 aromatic carbocycles. The van der Waals surface area contributed by atoms with Crippen LogP contribution in [0, 0.1) is 18.3 Å². The topological polar surface area (TPSA) is 75.2 Å². The number of carbonyl (C=O) groups is 1. The summed E-state index contributed by atoms with van der Waals surface area (Å²) in [7, 11) is 1.79. The van der Waals surface area contributed by atoms with Crippen molar-refractivity contribution in [1.29, 1.82) is 5.26 Å². The Morgan fingerprint density at radius 3 is 2.81 bits per heavy atom. The molecule has 104 valence electrons. The lowest BCUT2D eigenvalue weighted by molar-refractivity contribution is 0.101. The first-order valence-corrected chi connectivity index (χ1v) is 6.35. The molecule has 1 aromatic heterocycles. The molecule has 1 N–H and O–H groups in total. The van der Waals surface area contributed by atoms with Gasteiger partial charge in [0.05, 0.1) is 5.56 Å². The van der Waals surface area contributed by atoms with Crippen molar-refractivity contribution >= 4 is 11.9 Å². The number of aromatic hydroxyl groups is 1. The highest BCUT2D eigenvalue weighted by atomic mass is 16.5. The van der Waals surface area contributed by atoms with E-state index >= 15 is 0 Å². The van der Waals surface area contributed by atoms with E-state index in [4.69, 9.17) is 10.00 Å². The summed E-state index contributed by atoms with van der Waals surface area (Å²) in [6.45, 7) is 1.87. The van der Waals surface area contributed by atoms with Gasteiger partial charge in [-0.15, -0.1) is 0 Å². The van der Waals surface area contributed by atoms with Crippen LogP contribution in [0.2, 0.25) is 0 Å². The van der Waals surface area contributed by atoms with Crippen molar-refractivity contribution in [1.82, 2.24) is 4.57 Å². The molecule has 0 fully saturated rings. The van der Waals surface area contributed by atoms with Crippen molar-refractivity contribution in [3.8, 4) is 17.6 Å². The van der Waals surface area contributed by atoms with Crippen molar-refractivity contribution in [3.63, 3.8) is 0 Å². The molecule has 0 amide bonds. The smallest absolute Gasteiger partial charge is 0.231 e. The number of ether oxygens (including phenoxy) is 1. The largest absolute Gasteiger partial charge is 0.508 e. The Labute approximate surface area is 121 Å². The SMILES string of the molecule is Cc1c(/C=C2/Oc3cc(O)ccc3C2=O)cc(C#N)n1C. The van der Waals surface area contributed by atoms with Crippen LogP contribution in [0.5, 0.6) is 11.5 Å². The third-order valence-corrected chi connectivity index (χ3v) is 3.63. The summed E-state index contributed by atoms with van der Waals surface area (Å²) in [5.41, 5.74) is 2.57. The minimum absolute atomic E-state index is 0.0467. The molecule has 0 saturated heterocycles. The van der Waals surface area contributed by atoms with E-state index in [0.717, 1.165) is 11.3 Å². The Kier molecular flexibility index (Phi) is 2.80. The number of hydrogen-bond donors (Lipinski definition) is 1. The lowest BCUT2D eigenvalue weighted by Gasteiger charge is -2.00. The average molecular weight is 280 g/mol. The summed E-state index contributed by atoms with van der Waals surface area (Å²) < 4.78 is 7.26. The standard InChI is InChI=1S/C16H12N2O3/c1-9-10(5-11(8-17)18(9)2)6-15-16(20)13-4-3-12(19)7-14(13)21-15/h3-7,19H,1-2H3/b15-6+. The highest BCUT2D eigenvalue weighted by molar-refractivity contribution is 6.14. The molecule has 3 rings (SSSR count). The number of allylic oxidation sites excluding steroid dienone is 1. The minimum atomic E-state index is -0.230. The number of hydrogen-bond acceptors (Lipinski definition) is 4. The fourth-order valence-electron chi connectivity index (χ4n) is 2.29. The Morgan fingerprint density at radius 2 is 2.14 bits per heavy atom. The molecule has 0 saturated carbocycles. The highest BCUT2D eigenvalue weighted by Crippen LogP contribution is 2.34. The molecule has 1 aliphatic rings. The van der Waals surface area contributed by atoms with E-state index in [2.05, 4.69) is 6.07 Å². The molecular weight excluding hydrogens is 268 g/mol. The van der Waals surface area contributed by atoms with E-state index in [1.54, 1.807) is 23.8 Å². The fraction of sp³-hybridized carbons (Fsp3) is 0.125. The van der Waals surface area contributed by atoms with E-state index in [-0.39, 0.29) is 17.3 Å². The first kappa shape index (κ1) is 13.0. The molecule has 0 unspecified atom stereocenters. The monoisotopic (exact) mass is 280 g/mol. The van der Waals surface area contributed by atoms with E-state index in [9.17, 15) is 9.90 Å². The third-order valence-electron chi connectivity index (χ3n) is 3.63. The normalized spacial score (nSPS) is 14.9. The van der Waals surface area contributed by atoms with Crippen LogP contribution in [0.3, 0.4) is 0 Å². The lowest BCUT2D eigenvalue weighted by Crippen LogP contribution is -1.98. The average Bonchev–Trinajstić information content (AvgIpc) is 2.91. The second-order valence-corrected chi connectivity index (χ2v) is 4.86. The van der Waals surface area contributed by atoms with E-state index < -0.39 is 0 Å². The van der Waals surface area contributed by atoms with Crippen LogP contribution in [-0.4, -0.2) is 15.5 Å². The van der Waals surface area contributed by atoms with E-state index in [1.807, 2.05) is 6.92 Å². The fourth-order valence-corrected chi connectivity index (χ4v) is 2.29. The summed E-state index contributed by atoms with van der Waals surface area (Å²) in [5, 5.41) is 18.4. The van der Waals surface area contributed by atoms with Crippen molar-refractivity contribution < 1.29 is 14.6 Å². The van der Waals surface area contributed by atoms with Gasteiger partial charge in [0.1, 0.15) is 23.3 Å². The predicted molar refractivity (Wildman–Crippen MR) is 75.9 cm³/mol.